The van der Waals surface area contributed by atoms with Gasteiger partial charge in [-0.2, -0.15) is 0 Å². The first-order valence-electron chi connectivity index (χ1n) is 13.3. The van der Waals surface area contributed by atoms with Crippen molar-refractivity contribution in [2.24, 2.45) is 0 Å². The quantitative estimate of drug-likeness (QED) is 0.498. The van der Waals surface area contributed by atoms with Crippen LogP contribution in [0.5, 0.6) is 0 Å². The van der Waals surface area contributed by atoms with Gasteiger partial charge in [-0.15, -0.1) is 0 Å². The maximum atomic E-state index is 14.2. The lowest BCUT2D eigenvalue weighted by atomic mass is 9.99. The number of aliphatic carboxylic acids is 1. The molecule has 2 aliphatic rings. The Bertz CT molecular complexity index is 1260. The van der Waals surface area contributed by atoms with Crippen LogP contribution in [0, 0.1) is 0 Å². The van der Waals surface area contributed by atoms with Gasteiger partial charge < -0.3 is 14.9 Å². The Balaban J connectivity index is 1.46. The van der Waals surface area contributed by atoms with Gasteiger partial charge in [0.1, 0.15) is 0 Å². The Hall–Kier alpha value is -4.17. The number of para-hydroxylation sites is 2. The van der Waals surface area contributed by atoms with Crippen LogP contribution in [0.4, 0.5) is 16.2 Å². The highest BCUT2D eigenvalue weighted by atomic mass is 16.4. The molecule has 0 unspecified atom stereocenters. The molecule has 5 rings (SSSR count). The minimum atomic E-state index is -1.14. The van der Waals surface area contributed by atoms with E-state index in [-0.39, 0.29) is 18.5 Å². The summed E-state index contributed by atoms with van der Waals surface area (Å²) in [7, 11) is 3.75. The Kier molecular flexibility index (Phi) is 7.65. The van der Waals surface area contributed by atoms with Gasteiger partial charge >= 0.3 is 12.0 Å². The van der Waals surface area contributed by atoms with E-state index in [9.17, 15) is 19.5 Å². The van der Waals surface area contributed by atoms with Gasteiger partial charge in [-0.05, 0) is 63.2 Å². The van der Waals surface area contributed by atoms with Crippen molar-refractivity contribution in [2.75, 3.05) is 25.5 Å². The van der Waals surface area contributed by atoms with Crippen molar-refractivity contribution in [1.29, 1.82) is 0 Å². The van der Waals surface area contributed by atoms with Crippen LogP contribution in [0.2, 0.25) is 0 Å². The number of hydrogen-bond acceptors (Lipinski definition) is 4. The van der Waals surface area contributed by atoms with Gasteiger partial charge in [0.05, 0.1) is 23.5 Å². The third-order valence-corrected chi connectivity index (χ3v) is 7.81. The zero-order chi connectivity index (χ0) is 27.5. The summed E-state index contributed by atoms with van der Waals surface area (Å²) < 4.78 is 0. The lowest BCUT2D eigenvalue weighted by Crippen LogP contribution is -2.68. The molecule has 4 atom stereocenters. The monoisotopic (exact) mass is 526 g/mol. The van der Waals surface area contributed by atoms with Crippen LogP contribution in [0.3, 0.4) is 0 Å². The summed E-state index contributed by atoms with van der Waals surface area (Å²) in [6, 6.07) is 25.5. The smallest absolute Gasteiger partial charge is 0.329 e. The Morgan fingerprint density at radius 2 is 1.38 bits per heavy atom. The van der Waals surface area contributed by atoms with E-state index < -0.39 is 30.1 Å². The number of benzene rings is 3. The van der Waals surface area contributed by atoms with E-state index in [1.54, 1.807) is 9.80 Å². The lowest BCUT2D eigenvalue weighted by Gasteiger charge is -2.47. The van der Waals surface area contributed by atoms with Crippen LogP contribution < -0.4 is 4.90 Å². The number of anilines is 2. The van der Waals surface area contributed by atoms with Crippen LogP contribution in [0.15, 0.2) is 91.0 Å². The number of carboxylic acids is 1. The summed E-state index contributed by atoms with van der Waals surface area (Å²) in [5, 5.41) is 10.4. The highest BCUT2D eigenvalue weighted by molar-refractivity contribution is 6.01. The fourth-order valence-electron chi connectivity index (χ4n) is 5.94. The SMILES string of the molecule is CN(C)[C@@H](Cc1ccccc1)C(=O)N1[C@H]2CC[C@@H]1[C@@H](C(=O)O)N(C(=O)N(c1ccccc1)c1ccccc1)C2. The van der Waals surface area contributed by atoms with Gasteiger partial charge in [-0.25, -0.2) is 9.59 Å². The van der Waals surface area contributed by atoms with Gasteiger partial charge in [0, 0.05) is 12.6 Å². The van der Waals surface area contributed by atoms with Gasteiger partial charge in [-0.3, -0.25) is 14.6 Å². The molecule has 2 fully saturated rings. The number of carboxylic acid groups (broad SMARTS) is 1. The molecule has 0 spiro atoms. The van der Waals surface area contributed by atoms with E-state index in [4.69, 9.17) is 0 Å². The molecule has 202 valence electrons. The van der Waals surface area contributed by atoms with Crippen LogP contribution in [-0.2, 0) is 16.0 Å². The number of fused-ring (bicyclic) bond motifs is 2. The molecule has 2 saturated heterocycles. The fraction of sp³-hybridized carbons (Fsp3) is 0.323. The molecule has 8 nitrogen and oxygen atoms in total. The second-order valence-electron chi connectivity index (χ2n) is 10.4. The lowest BCUT2D eigenvalue weighted by molar-refractivity contribution is -0.153. The summed E-state index contributed by atoms with van der Waals surface area (Å²) in [6.45, 7) is 0.166. The van der Waals surface area contributed by atoms with E-state index >= 15 is 0 Å². The zero-order valence-corrected chi connectivity index (χ0v) is 22.3. The normalized spacial score (nSPS) is 21.1. The zero-order valence-electron chi connectivity index (χ0n) is 22.3. The molecule has 0 aliphatic carbocycles. The van der Waals surface area contributed by atoms with E-state index in [2.05, 4.69) is 0 Å². The van der Waals surface area contributed by atoms with Crippen molar-refractivity contribution in [2.45, 2.75) is 43.4 Å². The summed E-state index contributed by atoms with van der Waals surface area (Å²) >= 11 is 0. The van der Waals surface area contributed by atoms with Crippen molar-refractivity contribution in [3.8, 4) is 0 Å². The van der Waals surface area contributed by atoms with Crippen molar-refractivity contribution in [1.82, 2.24) is 14.7 Å². The van der Waals surface area contributed by atoms with Gasteiger partial charge in [0.2, 0.25) is 5.91 Å². The summed E-state index contributed by atoms with van der Waals surface area (Å²) in [6.07, 6.45) is 1.73. The maximum Gasteiger partial charge on any atom is 0.329 e. The van der Waals surface area contributed by atoms with E-state index in [1.807, 2.05) is 110 Å². The van der Waals surface area contributed by atoms with E-state index in [0.29, 0.717) is 30.6 Å². The largest absolute Gasteiger partial charge is 0.480 e. The number of carbonyl (C=O) groups excluding carboxylic acids is 2. The fourth-order valence-corrected chi connectivity index (χ4v) is 5.94. The topological polar surface area (TPSA) is 84.4 Å². The number of rotatable bonds is 7. The Morgan fingerprint density at radius 1 is 0.846 bits per heavy atom. The minimum Gasteiger partial charge on any atom is -0.480 e. The van der Waals surface area contributed by atoms with Crippen LogP contribution in [-0.4, -0.2) is 82.5 Å². The number of urea groups is 1. The molecule has 0 aromatic heterocycles. The highest BCUT2D eigenvalue weighted by Crippen LogP contribution is 2.38. The number of nitrogens with zero attached hydrogens (tertiary/aromatic N) is 4. The van der Waals surface area contributed by atoms with Gasteiger partial charge in [0.15, 0.2) is 6.04 Å². The molecule has 1 N–H and O–H groups in total. The Labute approximate surface area is 229 Å². The molecule has 3 aromatic rings. The van der Waals surface area contributed by atoms with Gasteiger partial charge in [0.25, 0.3) is 0 Å². The molecule has 8 heteroatoms. The van der Waals surface area contributed by atoms with Crippen LogP contribution in [0.1, 0.15) is 18.4 Å². The van der Waals surface area contributed by atoms with E-state index in [0.717, 1.165) is 5.56 Å². The van der Waals surface area contributed by atoms with Crippen molar-refractivity contribution >= 4 is 29.3 Å². The number of hydrogen-bond donors (Lipinski definition) is 1. The first-order chi connectivity index (χ1) is 18.9. The molecule has 3 aromatic carbocycles. The van der Waals surface area contributed by atoms with Crippen molar-refractivity contribution in [3.05, 3.63) is 96.6 Å². The summed E-state index contributed by atoms with van der Waals surface area (Å²) in [5.41, 5.74) is 2.35. The number of likely N-dealkylation sites (N-methyl/N-ethyl adjacent to an activating group) is 1. The molecule has 0 radical (unpaired) electrons. The van der Waals surface area contributed by atoms with Crippen LogP contribution >= 0.6 is 0 Å². The summed E-state index contributed by atoms with van der Waals surface area (Å²) in [4.78, 5) is 47.6. The molecule has 0 saturated carbocycles. The summed E-state index contributed by atoms with van der Waals surface area (Å²) in [5.74, 6) is -1.19. The third-order valence-electron chi connectivity index (χ3n) is 7.81. The average molecular weight is 527 g/mol. The predicted molar refractivity (Wildman–Crippen MR) is 150 cm³/mol. The number of amides is 3. The molecular weight excluding hydrogens is 492 g/mol. The van der Waals surface area contributed by atoms with Crippen molar-refractivity contribution in [3.63, 3.8) is 0 Å². The molecular formula is C31H34N4O4. The minimum absolute atomic E-state index is 0.0855. The van der Waals surface area contributed by atoms with E-state index in [1.165, 1.54) is 4.90 Å². The first-order valence-corrected chi connectivity index (χ1v) is 13.3. The highest BCUT2D eigenvalue weighted by Gasteiger charge is 2.54. The second-order valence-corrected chi connectivity index (χ2v) is 10.4. The maximum absolute atomic E-state index is 14.2. The Morgan fingerprint density at radius 3 is 1.90 bits per heavy atom. The molecule has 3 amide bonds. The molecule has 2 bridgehead atoms. The number of piperazine rings is 1. The third kappa shape index (κ3) is 5.25. The predicted octanol–water partition coefficient (Wildman–Crippen LogP) is 4.25. The molecule has 2 heterocycles. The van der Waals surface area contributed by atoms with Crippen LogP contribution in [0.25, 0.3) is 0 Å². The average Bonchev–Trinajstić information content (AvgIpc) is 3.25. The number of likely N-dealkylation sites (tertiary alicyclic amines) is 1. The van der Waals surface area contributed by atoms with Gasteiger partial charge in [-0.1, -0.05) is 66.7 Å². The molecule has 39 heavy (non-hydrogen) atoms. The first kappa shape index (κ1) is 26.4. The number of carbonyl (C=O) groups is 3. The van der Waals surface area contributed by atoms with Crippen molar-refractivity contribution < 1.29 is 19.5 Å². The second kappa shape index (κ2) is 11.3. The standard InChI is InChI=1S/C31H34N4O4/c1-32(2)27(20-22-12-6-3-7-13-22)29(36)35-25-18-19-26(35)28(30(37)38)33(21-25)31(39)34(23-14-8-4-9-15-23)24-16-10-5-11-17-24/h3-17,25-28H,18-21H2,1-2H3,(H,37,38)/t25-,26+,27-,28-/m0/s1. The molecule has 2 aliphatic heterocycles.